The lowest BCUT2D eigenvalue weighted by molar-refractivity contribution is -0.116. The SMILES string of the molecule is Cc1ccc(C(=O)Nc2ccc(C(C)(C)C)c(NC(=O)CN(C)C)c2)cc1-c1cnc(N)nc1. The number of aromatic nitrogens is 2. The summed E-state index contributed by atoms with van der Waals surface area (Å²) >= 11 is 0. The number of hydrogen-bond acceptors (Lipinski definition) is 6. The zero-order valence-corrected chi connectivity index (χ0v) is 20.6. The van der Waals surface area contributed by atoms with E-state index in [1.807, 2.05) is 45.3 Å². The van der Waals surface area contributed by atoms with Gasteiger partial charge in [0.05, 0.1) is 6.54 Å². The van der Waals surface area contributed by atoms with E-state index in [4.69, 9.17) is 5.73 Å². The predicted octanol–water partition coefficient (Wildman–Crippen LogP) is 4.08. The maximum atomic E-state index is 13.1. The largest absolute Gasteiger partial charge is 0.368 e. The molecule has 8 nitrogen and oxygen atoms in total. The summed E-state index contributed by atoms with van der Waals surface area (Å²) in [7, 11) is 3.68. The highest BCUT2D eigenvalue weighted by Crippen LogP contribution is 2.32. The minimum atomic E-state index is -0.258. The number of nitrogens with one attached hydrogen (secondary N) is 2. The van der Waals surface area contributed by atoms with E-state index in [0.717, 1.165) is 22.3 Å². The number of anilines is 3. The van der Waals surface area contributed by atoms with E-state index in [1.54, 1.807) is 29.4 Å². The number of hydrogen-bond donors (Lipinski definition) is 3. The van der Waals surface area contributed by atoms with Crippen molar-refractivity contribution in [1.29, 1.82) is 0 Å². The maximum Gasteiger partial charge on any atom is 0.255 e. The molecule has 0 aliphatic heterocycles. The first-order chi connectivity index (χ1) is 15.9. The summed E-state index contributed by atoms with van der Waals surface area (Å²) in [5.74, 6) is -0.179. The molecule has 0 radical (unpaired) electrons. The van der Waals surface area contributed by atoms with Gasteiger partial charge in [-0.1, -0.05) is 32.9 Å². The molecular weight excluding hydrogens is 428 g/mol. The van der Waals surface area contributed by atoms with Crippen LogP contribution in [-0.2, 0) is 10.2 Å². The van der Waals surface area contributed by atoms with Crippen LogP contribution in [0.3, 0.4) is 0 Å². The van der Waals surface area contributed by atoms with Crippen molar-refractivity contribution >= 4 is 29.1 Å². The standard InChI is InChI=1S/C26H32N6O2/c1-16-7-8-17(11-20(16)18-13-28-25(27)29-14-18)24(34)30-19-9-10-21(26(2,3)4)22(12-19)31-23(33)15-32(5)6/h7-14H,15H2,1-6H3,(H,30,34)(H,31,33)(H2,27,28,29). The average Bonchev–Trinajstić information content (AvgIpc) is 2.73. The van der Waals surface area contributed by atoms with Crippen molar-refractivity contribution in [3.05, 3.63) is 65.5 Å². The van der Waals surface area contributed by atoms with E-state index in [1.165, 1.54) is 0 Å². The number of rotatable bonds is 6. The minimum Gasteiger partial charge on any atom is -0.368 e. The highest BCUT2D eigenvalue weighted by atomic mass is 16.2. The molecule has 0 fully saturated rings. The Morgan fingerprint density at radius 2 is 1.68 bits per heavy atom. The predicted molar refractivity (Wildman–Crippen MR) is 137 cm³/mol. The van der Waals surface area contributed by atoms with E-state index in [-0.39, 0.29) is 29.7 Å². The summed E-state index contributed by atoms with van der Waals surface area (Å²) in [6.45, 7) is 8.47. The zero-order chi connectivity index (χ0) is 25.0. The van der Waals surface area contributed by atoms with Crippen molar-refractivity contribution < 1.29 is 9.59 Å². The van der Waals surface area contributed by atoms with Gasteiger partial charge in [-0.05, 0) is 67.4 Å². The van der Waals surface area contributed by atoms with E-state index in [9.17, 15) is 9.59 Å². The number of nitrogens with zero attached hydrogens (tertiary/aromatic N) is 3. The van der Waals surface area contributed by atoms with Gasteiger partial charge in [-0.15, -0.1) is 0 Å². The maximum absolute atomic E-state index is 13.1. The van der Waals surface area contributed by atoms with Crippen LogP contribution in [0.5, 0.6) is 0 Å². The Kier molecular flexibility index (Phi) is 7.32. The number of carbonyl (C=O) groups excluding carboxylic acids is 2. The second-order valence-corrected chi connectivity index (χ2v) is 9.61. The first-order valence-electron chi connectivity index (χ1n) is 11.0. The Balaban J connectivity index is 1.88. The Morgan fingerprint density at radius 1 is 1.00 bits per heavy atom. The van der Waals surface area contributed by atoms with Crippen LogP contribution in [0.2, 0.25) is 0 Å². The molecule has 1 heterocycles. The molecule has 0 unspecified atom stereocenters. The van der Waals surface area contributed by atoms with E-state index in [2.05, 4.69) is 41.4 Å². The number of likely N-dealkylation sites (N-methyl/N-ethyl adjacent to an activating group) is 1. The van der Waals surface area contributed by atoms with Crippen LogP contribution in [0.4, 0.5) is 17.3 Å². The fourth-order valence-corrected chi connectivity index (χ4v) is 3.61. The van der Waals surface area contributed by atoms with Gasteiger partial charge in [0.15, 0.2) is 0 Å². The van der Waals surface area contributed by atoms with Crippen molar-refractivity contribution in [2.75, 3.05) is 37.0 Å². The number of amides is 2. The van der Waals surface area contributed by atoms with E-state index >= 15 is 0 Å². The Morgan fingerprint density at radius 3 is 2.29 bits per heavy atom. The topological polar surface area (TPSA) is 113 Å². The van der Waals surface area contributed by atoms with Gasteiger partial charge in [0.25, 0.3) is 5.91 Å². The smallest absolute Gasteiger partial charge is 0.255 e. The molecule has 4 N–H and O–H groups in total. The number of carbonyl (C=O) groups is 2. The van der Waals surface area contributed by atoms with Gasteiger partial charge in [0, 0.05) is 34.9 Å². The van der Waals surface area contributed by atoms with Gasteiger partial charge < -0.3 is 21.3 Å². The molecule has 2 aromatic carbocycles. The van der Waals surface area contributed by atoms with Crippen molar-refractivity contribution in [2.24, 2.45) is 0 Å². The number of benzene rings is 2. The molecule has 3 aromatic rings. The van der Waals surface area contributed by atoms with Crippen LogP contribution in [0.15, 0.2) is 48.8 Å². The molecule has 0 saturated heterocycles. The molecule has 0 aliphatic rings. The van der Waals surface area contributed by atoms with Crippen LogP contribution >= 0.6 is 0 Å². The summed E-state index contributed by atoms with van der Waals surface area (Å²) in [6.07, 6.45) is 3.28. The van der Waals surface area contributed by atoms with Crippen LogP contribution in [0.1, 0.15) is 42.3 Å². The highest BCUT2D eigenvalue weighted by Gasteiger charge is 2.20. The fourth-order valence-electron chi connectivity index (χ4n) is 3.61. The van der Waals surface area contributed by atoms with Crippen molar-refractivity contribution in [3.63, 3.8) is 0 Å². The summed E-state index contributed by atoms with van der Waals surface area (Å²) in [4.78, 5) is 35.4. The Labute approximate surface area is 200 Å². The van der Waals surface area contributed by atoms with E-state index in [0.29, 0.717) is 16.9 Å². The van der Waals surface area contributed by atoms with Gasteiger partial charge in [-0.25, -0.2) is 9.97 Å². The van der Waals surface area contributed by atoms with Crippen LogP contribution in [0, 0.1) is 6.92 Å². The third-order valence-corrected chi connectivity index (χ3v) is 5.30. The van der Waals surface area contributed by atoms with Gasteiger partial charge in [0.1, 0.15) is 0 Å². The quantitative estimate of drug-likeness (QED) is 0.511. The molecule has 34 heavy (non-hydrogen) atoms. The van der Waals surface area contributed by atoms with Crippen LogP contribution < -0.4 is 16.4 Å². The number of nitrogen functional groups attached to an aromatic ring is 1. The van der Waals surface area contributed by atoms with Gasteiger partial charge in [-0.3, -0.25) is 9.59 Å². The number of nitrogens with two attached hydrogens (primary N) is 1. The molecule has 8 heteroatoms. The zero-order valence-electron chi connectivity index (χ0n) is 20.6. The molecule has 3 rings (SSSR count). The molecule has 0 aliphatic carbocycles. The molecule has 0 saturated carbocycles. The molecule has 0 atom stereocenters. The van der Waals surface area contributed by atoms with Gasteiger partial charge in [-0.2, -0.15) is 0 Å². The number of aryl methyl sites for hydroxylation is 1. The highest BCUT2D eigenvalue weighted by molar-refractivity contribution is 6.05. The lowest BCUT2D eigenvalue weighted by Crippen LogP contribution is -2.28. The van der Waals surface area contributed by atoms with Crippen LogP contribution in [-0.4, -0.2) is 47.3 Å². The third-order valence-electron chi connectivity index (χ3n) is 5.30. The summed E-state index contributed by atoms with van der Waals surface area (Å²) in [5.41, 5.74) is 10.8. The summed E-state index contributed by atoms with van der Waals surface area (Å²) < 4.78 is 0. The third kappa shape index (κ3) is 6.17. The van der Waals surface area contributed by atoms with Gasteiger partial charge >= 0.3 is 0 Å². The summed E-state index contributed by atoms with van der Waals surface area (Å²) in [5, 5.41) is 5.94. The lowest BCUT2D eigenvalue weighted by Gasteiger charge is -2.24. The fraction of sp³-hybridized carbons (Fsp3) is 0.308. The van der Waals surface area contributed by atoms with Crippen molar-refractivity contribution in [1.82, 2.24) is 14.9 Å². The van der Waals surface area contributed by atoms with Crippen molar-refractivity contribution in [2.45, 2.75) is 33.1 Å². The van der Waals surface area contributed by atoms with Crippen molar-refractivity contribution in [3.8, 4) is 11.1 Å². The molecule has 1 aromatic heterocycles. The lowest BCUT2D eigenvalue weighted by atomic mass is 9.85. The first kappa shape index (κ1) is 24.9. The normalized spacial score (nSPS) is 11.4. The molecule has 0 spiro atoms. The second-order valence-electron chi connectivity index (χ2n) is 9.61. The Hall–Kier alpha value is -3.78. The Bertz CT molecular complexity index is 1200. The minimum absolute atomic E-state index is 0.118. The van der Waals surface area contributed by atoms with E-state index < -0.39 is 0 Å². The molecular formula is C26H32N6O2. The molecule has 2 amide bonds. The second kappa shape index (κ2) is 10.0. The van der Waals surface area contributed by atoms with Crippen LogP contribution in [0.25, 0.3) is 11.1 Å². The monoisotopic (exact) mass is 460 g/mol. The molecule has 178 valence electrons. The first-order valence-corrected chi connectivity index (χ1v) is 11.0. The van der Waals surface area contributed by atoms with Gasteiger partial charge in [0.2, 0.25) is 11.9 Å². The average molecular weight is 461 g/mol. The summed E-state index contributed by atoms with van der Waals surface area (Å²) in [6, 6.07) is 11.1. The molecule has 0 bridgehead atoms.